The highest BCUT2D eigenvalue weighted by Crippen LogP contribution is 2.29. The Labute approximate surface area is 175 Å². The van der Waals surface area contributed by atoms with Crippen LogP contribution in [0.15, 0.2) is 42.5 Å². The Hall–Kier alpha value is -2.61. The molecule has 0 aliphatic heterocycles. The molecule has 144 valence electrons. The van der Waals surface area contributed by atoms with Crippen LogP contribution in [0, 0.1) is 0 Å². The molecule has 28 heavy (non-hydrogen) atoms. The topological polar surface area (TPSA) is 73.3 Å². The largest absolute Gasteiger partial charge is 0.497 e. The van der Waals surface area contributed by atoms with Gasteiger partial charge < -0.3 is 14.8 Å². The van der Waals surface area contributed by atoms with Crippen LogP contribution in [-0.2, 0) is 0 Å². The van der Waals surface area contributed by atoms with Gasteiger partial charge in [0, 0.05) is 16.8 Å². The first-order valence-electron chi connectivity index (χ1n) is 7.99. The molecule has 0 fully saturated rings. The maximum absolute atomic E-state index is 12.3. The van der Waals surface area contributed by atoms with E-state index in [0.717, 1.165) is 16.9 Å². The second-order valence-electron chi connectivity index (χ2n) is 5.51. The number of benzene rings is 2. The van der Waals surface area contributed by atoms with Crippen molar-refractivity contribution in [3.05, 3.63) is 63.1 Å². The van der Waals surface area contributed by atoms with Crippen LogP contribution in [0.3, 0.4) is 0 Å². The number of methoxy groups -OCH3 is 2. The Kier molecular flexibility index (Phi) is 6.51. The van der Waals surface area contributed by atoms with Crippen LogP contribution in [0.2, 0.25) is 5.02 Å². The second-order valence-corrected chi connectivity index (χ2v) is 7.33. The number of hydrogen-bond donors (Lipinski definition) is 1. The minimum atomic E-state index is -0.376. The van der Waals surface area contributed by atoms with Gasteiger partial charge in [-0.1, -0.05) is 34.5 Å². The molecule has 6 nitrogen and oxygen atoms in total. The number of hydrogen-bond acceptors (Lipinski definition) is 6. The highest BCUT2D eigenvalue weighted by molar-refractivity contribution is 7.15. The zero-order chi connectivity index (χ0) is 20.1. The quantitative estimate of drug-likeness (QED) is 0.575. The Morgan fingerprint density at radius 1 is 1.04 bits per heavy atom. The van der Waals surface area contributed by atoms with E-state index in [4.69, 9.17) is 32.7 Å². The van der Waals surface area contributed by atoms with Gasteiger partial charge in [0.15, 0.2) is 5.01 Å². The molecule has 0 atom stereocenters. The molecule has 1 N–H and O–H groups in total. The van der Waals surface area contributed by atoms with Crippen LogP contribution >= 0.6 is 34.5 Å². The summed E-state index contributed by atoms with van der Waals surface area (Å²) in [5.74, 6) is 0.893. The molecular formula is C19H15Cl2N3O3S. The number of aromatic nitrogens is 2. The van der Waals surface area contributed by atoms with Gasteiger partial charge in [0.25, 0.3) is 5.91 Å². The third kappa shape index (κ3) is 5.01. The molecule has 3 aromatic rings. The first-order valence-corrected chi connectivity index (χ1v) is 9.57. The third-order valence-corrected chi connectivity index (χ3v) is 5.20. The normalized spacial score (nSPS) is 11.2. The summed E-state index contributed by atoms with van der Waals surface area (Å²) in [6, 6.07) is 12.1. The zero-order valence-corrected chi connectivity index (χ0v) is 17.2. The molecule has 1 heterocycles. The van der Waals surface area contributed by atoms with Crippen LogP contribution in [-0.4, -0.2) is 30.3 Å². The van der Waals surface area contributed by atoms with Gasteiger partial charge in [0.05, 0.1) is 19.3 Å². The van der Waals surface area contributed by atoms with Gasteiger partial charge in [0.1, 0.15) is 11.5 Å². The first-order chi connectivity index (χ1) is 13.5. The summed E-state index contributed by atoms with van der Waals surface area (Å²) in [4.78, 5) is 12.3. The number of amides is 1. The number of nitrogens with zero attached hydrogens (tertiary/aromatic N) is 2. The summed E-state index contributed by atoms with van der Waals surface area (Å²) in [5, 5.41) is 12.2. The first kappa shape index (κ1) is 20.1. The van der Waals surface area contributed by atoms with Crippen LogP contribution < -0.4 is 14.8 Å². The van der Waals surface area contributed by atoms with E-state index in [1.807, 2.05) is 0 Å². The van der Waals surface area contributed by atoms with E-state index >= 15 is 0 Å². The summed E-state index contributed by atoms with van der Waals surface area (Å²) in [7, 11) is 3.14. The van der Waals surface area contributed by atoms with Crippen LogP contribution in [0.5, 0.6) is 11.5 Å². The number of rotatable bonds is 6. The Balaban J connectivity index is 1.78. The highest BCUT2D eigenvalue weighted by Gasteiger charge is 2.15. The minimum Gasteiger partial charge on any atom is -0.497 e. The molecule has 9 heteroatoms. The van der Waals surface area contributed by atoms with Gasteiger partial charge in [-0.3, -0.25) is 4.79 Å². The van der Waals surface area contributed by atoms with Gasteiger partial charge in [-0.15, -0.1) is 10.2 Å². The van der Waals surface area contributed by atoms with E-state index in [2.05, 4.69) is 15.5 Å². The van der Waals surface area contributed by atoms with Crippen molar-refractivity contribution in [2.24, 2.45) is 0 Å². The predicted molar refractivity (Wildman–Crippen MR) is 113 cm³/mol. The second kappa shape index (κ2) is 9.05. The zero-order valence-electron chi connectivity index (χ0n) is 14.9. The molecule has 0 bridgehead atoms. The monoisotopic (exact) mass is 435 g/mol. The number of anilines is 1. The number of nitrogens with one attached hydrogen (secondary N) is 1. The number of carbonyl (C=O) groups is 1. The van der Waals surface area contributed by atoms with Crippen LogP contribution in [0.1, 0.15) is 20.4 Å². The molecule has 0 unspecified atom stereocenters. The molecule has 2 aromatic carbocycles. The summed E-state index contributed by atoms with van der Waals surface area (Å²) in [6.45, 7) is 0. The van der Waals surface area contributed by atoms with Gasteiger partial charge in [0.2, 0.25) is 5.01 Å². The lowest BCUT2D eigenvalue weighted by Gasteiger charge is -2.06. The number of ether oxygens (including phenoxy) is 2. The highest BCUT2D eigenvalue weighted by atomic mass is 35.5. The standard InChI is InChI=1S/C19H15Cl2N3O3S/c1-26-14-7-11(8-15(10-14)27-2)9-16(21)18-23-24-19(28-18)17(25)22-13-5-3-12(20)4-6-13/h3-10H,1-2H3,(H,22,25)/b16-9-. The lowest BCUT2D eigenvalue weighted by Crippen LogP contribution is -2.11. The van der Waals surface area contributed by atoms with Crippen LogP contribution in [0.4, 0.5) is 5.69 Å². The smallest absolute Gasteiger partial charge is 0.286 e. The van der Waals surface area contributed by atoms with Gasteiger partial charge in [-0.25, -0.2) is 0 Å². The van der Waals surface area contributed by atoms with E-state index < -0.39 is 0 Å². The molecule has 0 saturated heterocycles. The molecule has 1 amide bonds. The van der Waals surface area contributed by atoms with E-state index in [0.29, 0.717) is 32.2 Å². The van der Waals surface area contributed by atoms with E-state index in [9.17, 15) is 4.79 Å². The van der Waals surface area contributed by atoms with Crippen molar-refractivity contribution >= 4 is 57.2 Å². The van der Waals surface area contributed by atoms with Gasteiger partial charge in [-0.2, -0.15) is 0 Å². The summed E-state index contributed by atoms with van der Waals surface area (Å²) in [6.07, 6.45) is 1.70. The van der Waals surface area contributed by atoms with Crippen molar-refractivity contribution in [1.29, 1.82) is 0 Å². The van der Waals surface area contributed by atoms with E-state index in [1.165, 1.54) is 0 Å². The third-order valence-electron chi connectivity index (χ3n) is 3.59. The fourth-order valence-corrected chi connectivity index (χ4v) is 3.30. The van der Waals surface area contributed by atoms with Crippen LogP contribution in [0.25, 0.3) is 11.1 Å². The van der Waals surface area contributed by atoms with Crippen molar-refractivity contribution in [3.63, 3.8) is 0 Å². The molecule has 3 rings (SSSR count). The molecule has 1 aromatic heterocycles. The van der Waals surface area contributed by atoms with Crippen molar-refractivity contribution in [2.75, 3.05) is 19.5 Å². The average Bonchev–Trinajstić information content (AvgIpc) is 3.20. The van der Waals surface area contributed by atoms with Crippen molar-refractivity contribution in [3.8, 4) is 11.5 Å². The summed E-state index contributed by atoms with van der Waals surface area (Å²) < 4.78 is 10.5. The fraction of sp³-hybridized carbons (Fsp3) is 0.105. The Morgan fingerprint density at radius 2 is 1.64 bits per heavy atom. The molecule has 0 aliphatic carbocycles. The Bertz CT molecular complexity index is 997. The summed E-state index contributed by atoms with van der Waals surface area (Å²) in [5.41, 5.74) is 1.37. The number of halogens is 2. The minimum absolute atomic E-state index is 0.194. The maximum atomic E-state index is 12.3. The molecule has 0 aliphatic rings. The van der Waals surface area contributed by atoms with E-state index in [-0.39, 0.29) is 10.9 Å². The van der Waals surface area contributed by atoms with Crippen molar-refractivity contribution < 1.29 is 14.3 Å². The molecule has 0 radical (unpaired) electrons. The lowest BCUT2D eigenvalue weighted by atomic mass is 10.2. The van der Waals surface area contributed by atoms with Crippen molar-refractivity contribution in [1.82, 2.24) is 10.2 Å². The van der Waals surface area contributed by atoms with Gasteiger partial charge in [-0.05, 0) is 48.0 Å². The van der Waals surface area contributed by atoms with Gasteiger partial charge >= 0.3 is 0 Å². The van der Waals surface area contributed by atoms with E-state index in [1.54, 1.807) is 62.8 Å². The molecular weight excluding hydrogens is 421 g/mol. The molecule has 0 saturated carbocycles. The number of carbonyl (C=O) groups excluding carboxylic acids is 1. The average molecular weight is 436 g/mol. The molecule has 0 spiro atoms. The maximum Gasteiger partial charge on any atom is 0.286 e. The SMILES string of the molecule is COc1cc(/C=C(\Cl)c2nnc(C(=O)Nc3ccc(Cl)cc3)s2)cc(OC)c1. The van der Waals surface area contributed by atoms with Crippen molar-refractivity contribution in [2.45, 2.75) is 0 Å². The Morgan fingerprint density at radius 3 is 2.25 bits per heavy atom. The predicted octanol–water partition coefficient (Wildman–Crippen LogP) is 5.20. The lowest BCUT2D eigenvalue weighted by molar-refractivity contribution is 0.102. The fourth-order valence-electron chi connectivity index (χ4n) is 2.25. The summed E-state index contributed by atoms with van der Waals surface area (Å²) >= 11 is 13.3.